The predicted octanol–water partition coefficient (Wildman–Crippen LogP) is 3.34. The van der Waals surface area contributed by atoms with Crippen LogP contribution >= 0.6 is 0 Å². The van der Waals surface area contributed by atoms with Crippen molar-refractivity contribution in [1.29, 1.82) is 0 Å². The number of carbonyl (C=O) groups excluding carboxylic acids is 1. The van der Waals surface area contributed by atoms with Gasteiger partial charge < -0.3 is 10.6 Å². The van der Waals surface area contributed by atoms with E-state index < -0.39 is 0 Å². The third-order valence-electron chi connectivity index (χ3n) is 3.14. The van der Waals surface area contributed by atoms with E-state index in [-0.39, 0.29) is 5.91 Å². The van der Waals surface area contributed by atoms with Crippen LogP contribution in [0.1, 0.15) is 38.2 Å². The van der Waals surface area contributed by atoms with E-state index in [0.717, 1.165) is 48.6 Å². The SMILES string of the molecule is CCCC(=O)Nc1ccc(NC2=NCCC2)c(C)c1. The predicted molar refractivity (Wildman–Crippen MR) is 79.9 cm³/mol. The van der Waals surface area contributed by atoms with Gasteiger partial charge in [-0.3, -0.25) is 9.79 Å². The normalized spacial score (nSPS) is 14.1. The molecular weight excluding hydrogens is 238 g/mol. The molecule has 4 nitrogen and oxygen atoms in total. The Morgan fingerprint density at radius 1 is 1.42 bits per heavy atom. The lowest BCUT2D eigenvalue weighted by molar-refractivity contribution is -0.116. The fourth-order valence-electron chi connectivity index (χ4n) is 2.13. The van der Waals surface area contributed by atoms with Gasteiger partial charge in [0, 0.05) is 30.8 Å². The van der Waals surface area contributed by atoms with Gasteiger partial charge in [-0.1, -0.05) is 6.92 Å². The van der Waals surface area contributed by atoms with Crippen molar-refractivity contribution in [3.05, 3.63) is 23.8 Å². The molecule has 0 saturated carbocycles. The molecule has 0 fully saturated rings. The number of amidine groups is 1. The van der Waals surface area contributed by atoms with Crippen molar-refractivity contribution in [2.24, 2.45) is 4.99 Å². The van der Waals surface area contributed by atoms with E-state index in [4.69, 9.17) is 0 Å². The van der Waals surface area contributed by atoms with E-state index in [0.29, 0.717) is 6.42 Å². The summed E-state index contributed by atoms with van der Waals surface area (Å²) in [6, 6.07) is 5.92. The van der Waals surface area contributed by atoms with Crippen molar-refractivity contribution < 1.29 is 4.79 Å². The maximum Gasteiger partial charge on any atom is 0.224 e. The third-order valence-corrected chi connectivity index (χ3v) is 3.14. The maximum atomic E-state index is 11.5. The summed E-state index contributed by atoms with van der Waals surface area (Å²) >= 11 is 0. The van der Waals surface area contributed by atoms with Crippen molar-refractivity contribution in [3.63, 3.8) is 0 Å². The largest absolute Gasteiger partial charge is 0.344 e. The molecule has 1 amide bonds. The van der Waals surface area contributed by atoms with Gasteiger partial charge in [0.2, 0.25) is 5.91 Å². The van der Waals surface area contributed by atoms with Crippen molar-refractivity contribution in [1.82, 2.24) is 0 Å². The summed E-state index contributed by atoms with van der Waals surface area (Å²) in [5.74, 6) is 1.13. The number of hydrogen-bond acceptors (Lipinski definition) is 3. The minimum atomic E-state index is 0.0720. The van der Waals surface area contributed by atoms with Gasteiger partial charge in [-0.2, -0.15) is 0 Å². The molecule has 1 aliphatic heterocycles. The minimum Gasteiger partial charge on any atom is -0.344 e. The van der Waals surface area contributed by atoms with Crippen LogP contribution in [-0.2, 0) is 4.79 Å². The van der Waals surface area contributed by atoms with Gasteiger partial charge in [0.25, 0.3) is 0 Å². The third kappa shape index (κ3) is 3.81. The number of hydrogen-bond donors (Lipinski definition) is 2. The van der Waals surface area contributed by atoms with Crippen LogP contribution in [0.4, 0.5) is 11.4 Å². The van der Waals surface area contributed by atoms with E-state index in [1.165, 1.54) is 0 Å². The number of nitrogens with one attached hydrogen (secondary N) is 2. The zero-order valence-electron chi connectivity index (χ0n) is 11.6. The lowest BCUT2D eigenvalue weighted by Crippen LogP contribution is -2.12. The van der Waals surface area contributed by atoms with Crippen LogP contribution < -0.4 is 10.6 Å². The Morgan fingerprint density at radius 3 is 2.89 bits per heavy atom. The van der Waals surface area contributed by atoms with Crippen LogP contribution in [0.2, 0.25) is 0 Å². The topological polar surface area (TPSA) is 53.5 Å². The first-order valence-electron chi connectivity index (χ1n) is 6.90. The number of benzene rings is 1. The highest BCUT2D eigenvalue weighted by Gasteiger charge is 2.08. The first kappa shape index (κ1) is 13.6. The summed E-state index contributed by atoms with van der Waals surface area (Å²) in [6.07, 6.45) is 3.58. The molecule has 0 aromatic heterocycles. The summed E-state index contributed by atoms with van der Waals surface area (Å²) in [5.41, 5.74) is 3.04. The minimum absolute atomic E-state index is 0.0720. The fraction of sp³-hybridized carbons (Fsp3) is 0.467. The molecule has 1 aromatic rings. The van der Waals surface area contributed by atoms with Crippen LogP contribution in [0.15, 0.2) is 23.2 Å². The molecule has 0 saturated heterocycles. The molecule has 1 aromatic carbocycles. The average Bonchev–Trinajstić information content (AvgIpc) is 2.86. The van der Waals surface area contributed by atoms with Crippen LogP contribution in [0, 0.1) is 6.92 Å². The molecule has 1 aliphatic rings. The quantitative estimate of drug-likeness (QED) is 0.871. The average molecular weight is 259 g/mol. The van der Waals surface area contributed by atoms with Crippen molar-refractivity contribution in [2.45, 2.75) is 39.5 Å². The van der Waals surface area contributed by atoms with E-state index in [2.05, 4.69) is 15.6 Å². The number of anilines is 2. The number of aryl methyl sites for hydroxylation is 1. The molecule has 0 radical (unpaired) electrons. The Hall–Kier alpha value is -1.84. The monoisotopic (exact) mass is 259 g/mol. The highest BCUT2D eigenvalue weighted by atomic mass is 16.1. The second-order valence-corrected chi connectivity index (χ2v) is 4.88. The molecule has 2 rings (SSSR count). The van der Waals surface area contributed by atoms with Crippen molar-refractivity contribution >= 4 is 23.1 Å². The first-order chi connectivity index (χ1) is 9.19. The molecule has 4 heteroatoms. The summed E-state index contributed by atoms with van der Waals surface area (Å²) in [7, 11) is 0. The molecule has 2 N–H and O–H groups in total. The molecular formula is C15H21N3O. The lowest BCUT2D eigenvalue weighted by Gasteiger charge is -2.11. The summed E-state index contributed by atoms with van der Waals surface area (Å²) in [4.78, 5) is 15.9. The van der Waals surface area contributed by atoms with Crippen LogP contribution in [0.3, 0.4) is 0 Å². The van der Waals surface area contributed by atoms with E-state index in [9.17, 15) is 4.79 Å². The zero-order valence-corrected chi connectivity index (χ0v) is 11.6. The molecule has 0 spiro atoms. The van der Waals surface area contributed by atoms with Crippen LogP contribution in [0.25, 0.3) is 0 Å². The molecule has 19 heavy (non-hydrogen) atoms. The van der Waals surface area contributed by atoms with Crippen LogP contribution in [-0.4, -0.2) is 18.3 Å². The van der Waals surface area contributed by atoms with Crippen molar-refractivity contribution in [2.75, 3.05) is 17.2 Å². The second-order valence-electron chi connectivity index (χ2n) is 4.88. The number of amides is 1. The van der Waals surface area contributed by atoms with Gasteiger partial charge in [0.1, 0.15) is 5.84 Å². The van der Waals surface area contributed by atoms with Gasteiger partial charge in [0.15, 0.2) is 0 Å². The number of rotatable bonds is 4. The van der Waals surface area contributed by atoms with Gasteiger partial charge in [-0.25, -0.2) is 0 Å². The Labute approximate surface area is 114 Å². The molecule has 0 aliphatic carbocycles. The number of nitrogens with zero attached hydrogens (tertiary/aromatic N) is 1. The molecule has 1 heterocycles. The smallest absolute Gasteiger partial charge is 0.224 e. The Morgan fingerprint density at radius 2 is 2.26 bits per heavy atom. The first-order valence-corrected chi connectivity index (χ1v) is 6.90. The summed E-state index contributed by atoms with van der Waals surface area (Å²) in [6.45, 7) is 4.96. The molecule has 0 atom stereocenters. The standard InChI is InChI=1S/C15H21N3O/c1-3-5-15(19)17-12-7-8-13(11(2)10-12)18-14-6-4-9-16-14/h7-8,10H,3-6,9H2,1-2H3,(H,16,18)(H,17,19). The summed E-state index contributed by atoms with van der Waals surface area (Å²) < 4.78 is 0. The van der Waals surface area contributed by atoms with E-state index >= 15 is 0 Å². The highest BCUT2D eigenvalue weighted by Crippen LogP contribution is 2.21. The Kier molecular flexibility index (Phi) is 4.55. The second kappa shape index (κ2) is 6.36. The number of carbonyl (C=O) groups is 1. The van der Waals surface area contributed by atoms with Gasteiger partial charge >= 0.3 is 0 Å². The maximum absolute atomic E-state index is 11.5. The van der Waals surface area contributed by atoms with Crippen LogP contribution in [0.5, 0.6) is 0 Å². The molecule has 0 unspecified atom stereocenters. The number of aliphatic imine (C=N–C) groups is 1. The van der Waals surface area contributed by atoms with Gasteiger partial charge in [-0.15, -0.1) is 0 Å². The zero-order chi connectivity index (χ0) is 13.7. The van der Waals surface area contributed by atoms with E-state index in [1.54, 1.807) is 0 Å². The summed E-state index contributed by atoms with van der Waals surface area (Å²) in [5, 5.41) is 6.26. The fourth-order valence-corrected chi connectivity index (χ4v) is 2.13. The highest BCUT2D eigenvalue weighted by molar-refractivity contribution is 5.97. The van der Waals surface area contributed by atoms with Crippen molar-refractivity contribution in [3.8, 4) is 0 Å². The Bertz CT molecular complexity index is 494. The van der Waals surface area contributed by atoms with Gasteiger partial charge in [-0.05, 0) is 43.5 Å². The molecule has 0 bridgehead atoms. The molecule has 102 valence electrons. The Balaban J connectivity index is 2.02. The lowest BCUT2D eigenvalue weighted by atomic mass is 10.1. The van der Waals surface area contributed by atoms with E-state index in [1.807, 2.05) is 32.0 Å². The van der Waals surface area contributed by atoms with Gasteiger partial charge in [0.05, 0.1) is 0 Å².